The summed E-state index contributed by atoms with van der Waals surface area (Å²) in [7, 11) is 0. The Hall–Kier alpha value is -1.96. The van der Waals surface area contributed by atoms with Crippen molar-refractivity contribution in [3.8, 4) is 11.5 Å². The maximum atomic E-state index is 5.73. The summed E-state index contributed by atoms with van der Waals surface area (Å²) in [6, 6.07) is 12.9. The number of unbranched alkanes of at least 4 members (excludes halogenated alkanes) is 2. The molecule has 2 aromatic carbocycles. The predicted molar refractivity (Wildman–Crippen MR) is 129 cm³/mol. The van der Waals surface area contributed by atoms with Crippen molar-refractivity contribution in [2.75, 3.05) is 13.2 Å². The molecule has 1 aliphatic heterocycles. The molecule has 0 N–H and O–H groups in total. The zero-order valence-corrected chi connectivity index (χ0v) is 19.9. The second-order valence-corrected chi connectivity index (χ2v) is 8.73. The van der Waals surface area contributed by atoms with Gasteiger partial charge >= 0.3 is 0 Å². The molecule has 0 fully saturated rings. The summed E-state index contributed by atoms with van der Waals surface area (Å²) in [5.41, 5.74) is 5.59. The van der Waals surface area contributed by atoms with Crippen LogP contribution in [0.25, 0.3) is 0 Å². The second kappa shape index (κ2) is 13.4. The third-order valence-electron chi connectivity index (χ3n) is 5.70. The van der Waals surface area contributed by atoms with Gasteiger partial charge in [0.1, 0.15) is 11.5 Å². The van der Waals surface area contributed by atoms with Crippen molar-refractivity contribution in [3.05, 3.63) is 58.7 Å². The Balaban J connectivity index is 0.000000215. The number of fused-ring (bicyclic) bond motifs is 1. The molecular formula is C28H42O2. The predicted octanol–water partition coefficient (Wildman–Crippen LogP) is 7.73. The van der Waals surface area contributed by atoms with Crippen LogP contribution in [-0.4, -0.2) is 13.2 Å². The van der Waals surface area contributed by atoms with Crippen LogP contribution in [0, 0.1) is 12.8 Å². The topological polar surface area (TPSA) is 18.5 Å². The van der Waals surface area contributed by atoms with Gasteiger partial charge < -0.3 is 9.47 Å². The van der Waals surface area contributed by atoms with E-state index < -0.39 is 0 Å². The summed E-state index contributed by atoms with van der Waals surface area (Å²) in [5, 5.41) is 0. The van der Waals surface area contributed by atoms with Crippen molar-refractivity contribution in [2.24, 2.45) is 5.92 Å². The van der Waals surface area contributed by atoms with Crippen molar-refractivity contribution in [3.63, 3.8) is 0 Å². The van der Waals surface area contributed by atoms with E-state index in [1.54, 1.807) is 0 Å². The lowest BCUT2D eigenvalue weighted by Crippen LogP contribution is -2.00. The number of hydrogen-bond donors (Lipinski definition) is 0. The molecule has 2 nitrogen and oxygen atoms in total. The standard InChI is InChI=1S/C15H24O.C13H18O/c1-5-16-15-13(4)9-7-11-14(15)10-6-8-12(2)3;1-2-3-4-6-11-7-5-8-13-12(11)9-10-14-13/h7,9,11-12H,5-6,8,10H2,1-4H3;5,7-8H,2-4,6,9-10H2,1H3. The minimum Gasteiger partial charge on any atom is -0.493 e. The van der Waals surface area contributed by atoms with Gasteiger partial charge in [0, 0.05) is 12.0 Å². The summed E-state index contributed by atoms with van der Waals surface area (Å²) in [6.07, 6.45) is 9.96. The summed E-state index contributed by atoms with van der Waals surface area (Å²) in [6.45, 7) is 12.6. The van der Waals surface area contributed by atoms with Gasteiger partial charge in [0.05, 0.1) is 13.2 Å². The van der Waals surface area contributed by atoms with Crippen LogP contribution in [0.15, 0.2) is 36.4 Å². The zero-order chi connectivity index (χ0) is 21.8. The Labute approximate surface area is 185 Å². The van der Waals surface area contributed by atoms with Gasteiger partial charge in [-0.05, 0) is 68.2 Å². The van der Waals surface area contributed by atoms with Crippen LogP contribution in [-0.2, 0) is 19.3 Å². The first kappa shape index (κ1) is 24.3. The van der Waals surface area contributed by atoms with Crippen LogP contribution in [0.1, 0.15) is 82.1 Å². The first-order chi connectivity index (χ1) is 14.6. The summed E-state index contributed by atoms with van der Waals surface area (Å²) < 4.78 is 11.3. The van der Waals surface area contributed by atoms with Gasteiger partial charge in [0.25, 0.3) is 0 Å². The molecule has 0 saturated heterocycles. The Morgan fingerprint density at radius 2 is 1.67 bits per heavy atom. The van der Waals surface area contributed by atoms with Gasteiger partial charge in [-0.2, -0.15) is 0 Å². The molecule has 0 atom stereocenters. The highest BCUT2D eigenvalue weighted by molar-refractivity contribution is 5.43. The molecule has 1 aliphatic rings. The molecule has 2 heteroatoms. The number of para-hydroxylation sites is 1. The van der Waals surface area contributed by atoms with Crippen molar-refractivity contribution >= 4 is 0 Å². The van der Waals surface area contributed by atoms with E-state index in [4.69, 9.17) is 9.47 Å². The lowest BCUT2D eigenvalue weighted by molar-refractivity contribution is 0.333. The third kappa shape index (κ3) is 7.70. The first-order valence-corrected chi connectivity index (χ1v) is 12.0. The van der Waals surface area contributed by atoms with Crippen molar-refractivity contribution in [2.45, 2.75) is 86.0 Å². The fourth-order valence-corrected chi connectivity index (χ4v) is 4.05. The van der Waals surface area contributed by atoms with Crippen molar-refractivity contribution in [1.82, 2.24) is 0 Å². The van der Waals surface area contributed by atoms with Crippen LogP contribution < -0.4 is 9.47 Å². The smallest absolute Gasteiger partial charge is 0.125 e. The minimum absolute atomic E-state index is 0.752. The molecule has 0 aliphatic carbocycles. The highest BCUT2D eigenvalue weighted by Gasteiger charge is 2.14. The molecule has 0 saturated carbocycles. The van der Waals surface area contributed by atoms with E-state index in [-0.39, 0.29) is 0 Å². The Kier molecular flexibility index (Phi) is 10.8. The average molecular weight is 411 g/mol. The van der Waals surface area contributed by atoms with E-state index in [9.17, 15) is 0 Å². The zero-order valence-electron chi connectivity index (χ0n) is 19.9. The Bertz CT molecular complexity index is 748. The lowest BCUT2D eigenvalue weighted by atomic mass is 10.00. The van der Waals surface area contributed by atoms with Gasteiger partial charge in [0.15, 0.2) is 0 Å². The monoisotopic (exact) mass is 410 g/mol. The number of ether oxygens (including phenoxy) is 2. The third-order valence-corrected chi connectivity index (χ3v) is 5.70. The average Bonchev–Trinajstić information content (AvgIpc) is 3.21. The number of rotatable bonds is 10. The van der Waals surface area contributed by atoms with Crippen molar-refractivity contribution < 1.29 is 9.47 Å². The molecule has 0 radical (unpaired) electrons. The van der Waals surface area contributed by atoms with Crippen LogP contribution in [0.4, 0.5) is 0 Å². The van der Waals surface area contributed by atoms with Gasteiger partial charge in [-0.15, -0.1) is 0 Å². The van der Waals surface area contributed by atoms with Crippen LogP contribution in [0.3, 0.4) is 0 Å². The van der Waals surface area contributed by atoms with E-state index in [1.165, 1.54) is 60.8 Å². The normalized spacial score (nSPS) is 12.2. The largest absolute Gasteiger partial charge is 0.493 e. The first-order valence-electron chi connectivity index (χ1n) is 12.0. The Morgan fingerprint density at radius 1 is 0.933 bits per heavy atom. The molecule has 0 spiro atoms. The SMILES string of the molecule is CCCCCc1cccc2c1CCO2.CCOc1c(C)cccc1CCCC(C)C. The molecule has 30 heavy (non-hydrogen) atoms. The molecule has 0 amide bonds. The van der Waals surface area contributed by atoms with Crippen molar-refractivity contribution in [1.29, 1.82) is 0 Å². The second-order valence-electron chi connectivity index (χ2n) is 8.73. The van der Waals surface area contributed by atoms with Crippen LogP contribution >= 0.6 is 0 Å². The van der Waals surface area contributed by atoms with Gasteiger partial charge in [-0.25, -0.2) is 0 Å². The van der Waals surface area contributed by atoms with E-state index in [0.29, 0.717) is 0 Å². The van der Waals surface area contributed by atoms with Gasteiger partial charge in [-0.3, -0.25) is 0 Å². The Morgan fingerprint density at radius 3 is 2.40 bits per heavy atom. The molecule has 0 unspecified atom stereocenters. The van der Waals surface area contributed by atoms with Crippen LogP contribution in [0.5, 0.6) is 11.5 Å². The minimum atomic E-state index is 0.752. The maximum Gasteiger partial charge on any atom is 0.125 e. The lowest BCUT2D eigenvalue weighted by Gasteiger charge is -2.13. The number of benzene rings is 2. The molecule has 166 valence electrons. The van der Waals surface area contributed by atoms with Gasteiger partial charge in [-0.1, -0.05) is 70.4 Å². The quantitative estimate of drug-likeness (QED) is 0.373. The highest BCUT2D eigenvalue weighted by atomic mass is 16.5. The fraction of sp³-hybridized carbons (Fsp3) is 0.571. The molecule has 0 aromatic heterocycles. The van der Waals surface area contributed by atoms with E-state index >= 15 is 0 Å². The van der Waals surface area contributed by atoms with Crippen LogP contribution in [0.2, 0.25) is 0 Å². The van der Waals surface area contributed by atoms with E-state index in [0.717, 1.165) is 43.5 Å². The fourth-order valence-electron chi connectivity index (χ4n) is 4.05. The van der Waals surface area contributed by atoms with E-state index in [1.807, 2.05) is 6.92 Å². The summed E-state index contributed by atoms with van der Waals surface area (Å²) in [4.78, 5) is 0. The maximum absolute atomic E-state index is 5.73. The van der Waals surface area contributed by atoms with E-state index in [2.05, 4.69) is 64.1 Å². The molecular weight excluding hydrogens is 368 g/mol. The molecule has 2 aromatic rings. The molecule has 1 heterocycles. The molecule has 0 bridgehead atoms. The summed E-state index contributed by atoms with van der Waals surface area (Å²) in [5.74, 6) is 3.02. The summed E-state index contributed by atoms with van der Waals surface area (Å²) >= 11 is 0. The molecule has 3 rings (SSSR count). The number of hydrogen-bond acceptors (Lipinski definition) is 2. The number of aryl methyl sites for hydroxylation is 3. The highest BCUT2D eigenvalue weighted by Crippen LogP contribution is 2.29. The van der Waals surface area contributed by atoms with Gasteiger partial charge in [0.2, 0.25) is 0 Å².